The third-order valence-corrected chi connectivity index (χ3v) is 20.0. The maximum Gasteiger partial charge on any atom is 0.201 e. The topological polar surface area (TPSA) is 86.4 Å². The number of rotatable bonds is 3. The quantitative estimate of drug-likeness (QED) is 0.201. The van der Waals surface area contributed by atoms with Gasteiger partial charge in [-0.2, -0.15) is 0 Å². The van der Waals surface area contributed by atoms with Gasteiger partial charge in [-0.05, 0) is 214 Å². The number of anilines is 1. The van der Waals surface area contributed by atoms with Crippen LogP contribution in [0.25, 0.3) is 22.3 Å². The molecule has 0 spiro atoms. The van der Waals surface area contributed by atoms with E-state index in [0.717, 1.165) is 134 Å². The molecule has 0 radical (unpaired) electrons. The number of aliphatic hydroxyl groups is 1. The van der Waals surface area contributed by atoms with Crippen LogP contribution < -0.4 is 5.32 Å². The van der Waals surface area contributed by atoms with Crippen molar-refractivity contribution in [2.45, 2.75) is 204 Å². The molecule has 13 rings (SSSR count). The minimum Gasteiger partial charge on any atom is -0.506 e. The Morgan fingerprint density at radius 3 is 1.72 bits per heavy atom. The first-order valence-corrected chi connectivity index (χ1v) is 28.4. The summed E-state index contributed by atoms with van der Waals surface area (Å²) in [6.07, 6.45) is 24.6. The maximum atomic E-state index is 15.2. The highest BCUT2D eigenvalue weighted by Crippen LogP contribution is 2.57. The van der Waals surface area contributed by atoms with Gasteiger partial charge >= 0.3 is 0 Å². The van der Waals surface area contributed by atoms with E-state index in [1.165, 1.54) is 119 Å². The van der Waals surface area contributed by atoms with Gasteiger partial charge in [-0.15, -0.1) is 0 Å². The van der Waals surface area contributed by atoms with Crippen LogP contribution >= 0.6 is 0 Å². The fourth-order valence-electron chi connectivity index (χ4n) is 15.6. The molecule has 2 N–H and O–H groups in total. The molecule has 4 aromatic carbocycles. The monoisotopic (exact) mass is 955 g/mol. The molecule has 0 amide bonds. The zero-order valence-corrected chi connectivity index (χ0v) is 44.0. The Bertz CT molecular complexity index is 3250. The molecule has 0 bridgehead atoms. The number of aryl methyl sites for hydroxylation is 2. The van der Waals surface area contributed by atoms with E-state index < -0.39 is 0 Å². The number of fused-ring (bicyclic) bond motifs is 12. The Morgan fingerprint density at radius 2 is 1.01 bits per heavy atom. The SMILES string of the molecule is Cc1cc(-c2ccc3c(c2)C2(C)CCCCCCC2=N3)cc2c1N=C1C(=C3C(=O)C(/C4=C5\Nc6c(C)cc(-c7ccc8c(c7)N=C7CCCCCCC78C)cc6C5(C)CCCCC4)=C3O)CCCCCC12C. The lowest BCUT2D eigenvalue weighted by atomic mass is 9.66. The van der Waals surface area contributed by atoms with Crippen molar-refractivity contribution >= 4 is 45.7 Å². The molecule has 5 aliphatic carbocycles. The summed E-state index contributed by atoms with van der Waals surface area (Å²) in [5.74, 6) is 0.169. The number of hydrogen-bond acceptors (Lipinski definition) is 6. The Labute approximate surface area is 428 Å². The van der Waals surface area contributed by atoms with Gasteiger partial charge in [0, 0.05) is 44.5 Å². The van der Waals surface area contributed by atoms with Crippen molar-refractivity contribution in [2.24, 2.45) is 15.0 Å². The molecule has 4 aromatic rings. The van der Waals surface area contributed by atoms with Gasteiger partial charge in [0.2, 0.25) is 5.78 Å². The van der Waals surface area contributed by atoms with Gasteiger partial charge in [0.25, 0.3) is 0 Å². The van der Waals surface area contributed by atoms with Crippen molar-refractivity contribution in [3.05, 3.63) is 128 Å². The van der Waals surface area contributed by atoms with E-state index >= 15 is 4.79 Å². The van der Waals surface area contributed by atoms with Crippen molar-refractivity contribution < 1.29 is 9.90 Å². The lowest BCUT2D eigenvalue weighted by Crippen LogP contribution is -2.36. The number of nitrogens with zero attached hydrogens (tertiary/aromatic N) is 3. The standard InChI is InChI=1S/C66H74N4O2/c1-39-33-43(41-26-28-51-48(35-41)64(4)30-18-10-8-16-24-54(64)67-51)36-49-57(39)69-61-45(21-13-11-19-31-65(49,61)5)55-59(71)56(60(55)72)46-22-14-12-20-32-66(6)50-37-44(34-40(2)58(50)70-62(46)66)42-25-27-47-52(38-42)68-53-23-15-7-9-17-29-63(47,53)3/h25-28,33-38,70-71H,7-24,29-32H2,1-6H3/b55-45?,62-46-. The molecule has 6 nitrogen and oxygen atoms in total. The number of allylic oxidation sites excluding steroid dienone is 5. The second-order valence-electron chi connectivity index (χ2n) is 24.6. The van der Waals surface area contributed by atoms with Crippen LogP contribution in [-0.4, -0.2) is 28.0 Å². The third kappa shape index (κ3) is 6.84. The van der Waals surface area contributed by atoms with Crippen LogP contribution in [0.15, 0.2) is 109 Å². The molecule has 0 aromatic heterocycles. The van der Waals surface area contributed by atoms with Crippen LogP contribution in [0, 0.1) is 13.8 Å². The normalized spacial score (nSPS) is 30.8. The minimum absolute atomic E-state index is 0.00591. The van der Waals surface area contributed by atoms with Crippen molar-refractivity contribution in [1.29, 1.82) is 0 Å². The van der Waals surface area contributed by atoms with Gasteiger partial charge in [0.15, 0.2) is 0 Å². The van der Waals surface area contributed by atoms with Gasteiger partial charge in [0.05, 0.1) is 33.9 Å². The fourth-order valence-corrected chi connectivity index (χ4v) is 15.6. The molecule has 4 heterocycles. The van der Waals surface area contributed by atoms with Gasteiger partial charge in [-0.1, -0.05) is 96.3 Å². The third-order valence-electron chi connectivity index (χ3n) is 20.0. The second-order valence-corrected chi connectivity index (χ2v) is 24.6. The molecular weight excluding hydrogens is 881 g/mol. The Kier molecular flexibility index (Phi) is 10.9. The largest absolute Gasteiger partial charge is 0.506 e. The van der Waals surface area contributed by atoms with E-state index in [2.05, 4.69) is 108 Å². The summed E-state index contributed by atoms with van der Waals surface area (Å²) < 4.78 is 0. The summed E-state index contributed by atoms with van der Waals surface area (Å²) in [5, 5.41) is 16.5. The molecule has 6 heteroatoms. The van der Waals surface area contributed by atoms with Crippen molar-refractivity contribution in [3.63, 3.8) is 0 Å². The first-order valence-electron chi connectivity index (χ1n) is 28.4. The zero-order chi connectivity index (χ0) is 49.3. The number of hydrogen-bond donors (Lipinski definition) is 2. The van der Waals surface area contributed by atoms with Crippen LogP contribution in [-0.2, 0) is 26.5 Å². The lowest BCUT2D eigenvalue weighted by molar-refractivity contribution is -0.113. The van der Waals surface area contributed by atoms with E-state index in [1.807, 2.05) is 0 Å². The number of Topliss-reactive ketones (excluding diaryl/α,β-unsaturated/α-hetero) is 1. The molecule has 0 saturated heterocycles. The summed E-state index contributed by atoms with van der Waals surface area (Å²) >= 11 is 0. The highest BCUT2D eigenvalue weighted by molar-refractivity contribution is 6.27. The van der Waals surface area contributed by atoms with E-state index in [4.69, 9.17) is 15.0 Å². The Balaban J connectivity index is 0.855. The number of benzene rings is 4. The van der Waals surface area contributed by atoms with Crippen LogP contribution in [0.1, 0.15) is 202 Å². The molecule has 4 unspecified atom stereocenters. The number of carbonyl (C=O) groups excluding carboxylic acids is 1. The van der Waals surface area contributed by atoms with Gasteiger partial charge in [0.1, 0.15) is 5.76 Å². The predicted octanol–water partition coefficient (Wildman–Crippen LogP) is 17.6. The summed E-state index contributed by atoms with van der Waals surface area (Å²) in [7, 11) is 0. The van der Waals surface area contributed by atoms with Crippen LogP contribution in [0.2, 0.25) is 0 Å². The first-order chi connectivity index (χ1) is 34.8. The van der Waals surface area contributed by atoms with Crippen LogP contribution in [0.4, 0.5) is 22.7 Å². The van der Waals surface area contributed by atoms with E-state index in [1.54, 1.807) is 0 Å². The predicted molar refractivity (Wildman–Crippen MR) is 298 cm³/mol. The lowest BCUT2D eigenvalue weighted by Gasteiger charge is -2.36. The van der Waals surface area contributed by atoms with E-state index in [9.17, 15) is 5.11 Å². The van der Waals surface area contributed by atoms with Gasteiger partial charge < -0.3 is 10.4 Å². The van der Waals surface area contributed by atoms with Gasteiger partial charge in [-0.3, -0.25) is 19.8 Å². The van der Waals surface area contributed by atoms with E-state index in [-0.39, 0.29) is 33.2 Å². The van der Waals surface area contributed by atoms with Crippen molar-refractivity contribution in [1.82, 2.24) is 0 Å². The molecule has 72 heavy (non-hydrogen) atoms. The second kappa shape index (κ2) is 17.0. The summed E-state index contributed by atoms with van der Waals surface area (Å²) in [5.41, 5.74) is 24.3. The van der Waals surface area contributed by atoms with Gasteiger partial charge in [-0.25, -0.2) is 0 Å². The number of ketones is 1. The molecule has 4 aliphatic heterocycles. The fraction of sp³-hybridized carbons (Fsp3) is 0.485. The van der Waals surface area contributed by atoms with Crippen LogP contribution in [0.5, 0.6) is 0 Å². The molecule has 9 aliphatic rings. The van der Waals surface area contributed by atoms with E-state index in [0.29, 0.717) is 11.1 Å². The van der Waals surface area contributed by atoms with Crippen molar-refractivity contribution in [2.75, 3.05) is 5.32 Å². The summed E-state index contributed by atoms with van der Waals surface area (Å²) in [6.45, 7) is 14.1. The highest BCUT2D eigenvalue weighted by atomic mass is 16.3. The molecule has 3 fully saturated rings. The highest BCUT2D eigenvalue weighted by Gasteiger charge is 2.50. The Morgan fingerprint density at radius 1 is 0.472 bits per heavy atom. The summed E-state index contributed by atoms with van der Waals surface area (Å²) in [6, 6.07) is 23.5. The first kappa shape index (κ1) is 46.2. The number of aliphatic hydroxyl groups excluding tert-OH is 1. The number of aliphatic imine (C=N–C) groups is 3. The smallest absolute Gasteiger partial charge is 0.201 e. The average Bonchev–Trinajstić information content (AvgIpc) is 3.99. The number of carbonyl (C=O) groups is 1. The molecule has 370 valence electrons. The Hall–Kier alpha value is -5.62. The van der Waals surface area contributed by atoms with Crippen LogP contribution in [0.3, 0.4) is 0 Å². The average molecular weight is 955 g/mol. The number of nitrogens with one attached hydrogen (secondary N) is 1. The van der Waals surface area contributed by atoms with Crippen molar-refractivity contribution in [3.8, 4) is 22.3 Å². The minimum atomic E-state index is -0.376. The summed E-state index contributed by atoms with van der Waals surface area (Å²) in [4.78, 5) is 31.3. The zero-order valence-electron chi connectivity index (χ0n) is 44.0. The molecule has 3 saturated carbocycles. The molecule has 4 atom stereocenters. The molecular formula is C66H74N4O2. The maximum absolute atomic E-state index is 15.2.